The molecule has 3 rings (SSSR count). The van der Waals surface area contributed by atoms with Crippen LogP contribution in [-0.4, -0.2) is 80.1 Å². The number of likely N-dealkylation sites (tertiary alicyclic amines) is 1. The van der Waals surface area contributed by atoms with Gasteiger partial charge in [0.2, 0.25) is 5.91 Å². The van der Waals surface area contributed by atoms with Crippen LogP contribution in [0.2, 0.25) is 0 Å². The van der Waals surface area contributed by atoms with Gasteiger partial charge in [0.25, 0.3) is 5.91 Å². The molecule has 1 spiro atoms. The van der Waals surface area contributed by atoms with Crippen molar-refractivity contribution in [2.24, 2.45) is 0 Å². The lowest BCUT2D eigenvalue weighted by Crippen LogP contribution is -2.55. The fourth-order valence-corrected chi connectivity index (χ4v) is 4.22. The fraction of sp³-hybridized carbons (Fsp3) is 0.591. The van der Waals surface area contributed by atoms with Gasteiger partial charge < -0.3 is 25.0 Å². The highest BCUT2D eigenvalue weighted by molar-refractivity contribution is 6.09. The quantitative estimate of drug-likeness (QED) is 0.568. The number of hydrogen-bond donors (Lipinski definition) is 2. The first-order chi connectivity index (χ1) is 14.9. The zero-order valence-electron chi connectivity index (χ0n) is 18.5. The summed E-state index contributed by atoms with van der Waals surface area (Å²) in [6.45, 7) is 4.77. The standard InChI is InChI=1S/C22H32N4O5/c1-4-11-25-12-8-22(9-13-25)20(28)26(21(29)24-22)15-19(27)23-10-7-16-5-6-17(30-2)18(14-16)31-3/h5-6,14H,4,7-13,15H2,1-3H3,(H,23,27)(H,24,29). The molecule has 2 saturated heterocycles. The van der Waals surface area contributed by atoms with Crippen molar-refractivity contribution in [2.75, 3.05) is 46.9 Å². The minimum absolute atomic E-state index is 0.267. The minimum Gasteiger partial charge on any atom is -0.493 e. The van der Waals surface area contributed by atoms with E-state index in [1.165, 1.54) is 0 Å². The van der Waals surface area contributed by atoms with Gasteiger partial charge in [0.05, 0.1) is 14.2 Å². The fourth-order valence-electron chi connectivity index (χ4n) is 4.22. The molecule has 9 heteroatoms. The summed E-state index contributed by atoms with van der Waals surface area (Å²) in [5.74, 6) is 0.623. The Balaban J connectivity index is 1.49. The number of rotatable bonds is 9. The summed E-state index contributed by atoms with van der Waals surface area (Å²) >= 11 is 0. The first-order valence-corrected chi connectivity index (χ1v) is 10.8. The molecule has 0 atom stereocenters. The van der Waals surface area contributed by atoms with E-state index < -0.39 is 11.6 Å². The summed E-state index contributed by atoms with van der Waals surface area (Å²) in [5.41, 5.74) is 0.118. The monoisotopic (exact) mass is 432 g/mol. The lowest BCUT2D eigenvalue weighted by Gasteiger charge is -2.37. The number of ether oxygens (including phenoxy) is 2. The Hall–Kier alpha value is -2.81. The van der Waals surface area contributed by atoms with E-state index in [2.05, 4.69) is 22.5 Å². The number of imide groups is 1. The molecule has 2 fully saturated rings. The number of nitrogens with zero attached hydrogens (tertiary/aromatic N) is 2. The molecule has 0 unspecified atom stereocenters. The summed E-state index contributed by atoms with van der Waals surface area (Å²) in [5, 5.41) is 5.63. The van der Waals surface area contributed by atoms with E-state index in [0.717, 1.165) is 36.5 Å². The van der Waals surface area contributed by atoms with Crippen molar-refractivity contribution in [3.05, 3.63) is 23.8 Å². The smallest absolute Gasteiger partial charge is 0.325 e. The molecule has 0 bridgehead atoms. The second-order valence-electron chi connectivity index (χ2n) is 8.03. The Morgan fingerprint density at radius 3 is 2.52 bits per heavy atom. The van der Waals surface area contributed by atoms with Gasteiger partial charge >= 0.3 is 6.03 Å². The van der Waals surface area contributed by atoms with Gasteiger partial charge in [-0.3, -0.25) is 14.5 Å². The van der Waals surface area contributed by atoms with Gasteiger partial charge in [0.1, 0.15) is 12.1 Å². The number of benzene rings is 1. The first kappa shape index (κ1) is 22.9. The lowest BCUT2D eigenvalue weighted by atomic mass is 9.87. The molecule has 0 aromatic heterocycles. The Labute approximate surface area is 183 Å². The van der Waals surface area contributed by atoms with Crippen LogP contribution in [0, 0.1) is 0 Å². The number of nitrogens with one attached hydrogen (secondary N) is 2. The van der Waals surface area contributed by atoms with Crippen LogP contribution in [0.15, 0.2) is 18.2 Å². The van der Waals surface area contributed by atoms with E-state index in [4.69, 9.17) is 9.47 Å². The highest BCUT2D eigenvalue weighted by Gasteiger charge is 2.52. The Morgan fingerprint density at radius 1 is 1.16 bits per heavy atom. The van der Waals surface area contributed by atoms with Crippen LogP contribution in [0.4, 0.5) is 4.79 Å². The predicted molar refractivity (Wildman–Crippen MR) is 115 cm³/mol. The number of piperidine rings is 1. The van der Waals surface area contributed by atoms with Gasteiger partial charge in [-0.05, 0) is 49.9 Å². The van der Waals surface area contributed by atoms with Gasteiger partial charge in [-0.1, -0.05) is 13.0 Å². The zero-order valence-corrected chi connectivity index (χ0v) is 18.5. The number of urea groups is 1. The van der Waals surface area contributed by atoms with Gasteiger partial charge in [0.15, 0.2) is 11.5 Å². The van der Waals surface area contributed by atoms with E-state index in [-0.39, 0.29) is 18.4 Å². The van der Waals surface area contributed by atoms with E-state index in [1.54, 1.807) is 14.2 Å². The number of carbonyl (C=O) groups is 3. The van der Waals surface area contributed by atoms with Crippen molar-refractivity contribution in [3.8, 4) is 11.5 Å². The van der Waals surface area contributed by atoms with Crippen LogP contribution >= 0.6 is 0 Å². The summed E-state index contributed by atoms with van der Waals surface area (Å²) in [7, 11) is 3.15. The zero-order chi connectivity index (χ0) is 22.4. The van der Waals surface area contributed by atoms with Gasteiger partial charge in [-0.15, -0.1) is 0 Å². The SMILES string of the molecule is CCCN1CCC2(CC1)NC(=O)N(CC(=O)NCCc1ccc(OC)c(OC)c1)C2=O. The van der Waals surface area contributed by atoms with Crippen LogP contribution in [0.3, 0.4) is 0 Å². The summed E-state index contributed by atoms with van der Waals surface area (Å²) in [6.07, 6.45) is 2.80. The second-order valence-corrected chi connectivity index (χ2v) is 8.03. The van der Waals surface area contributed by atoms with Gasteiger partial charge in [-0.2, -0.15) is 0 Å². The van der Waals surface area contributed by atoms with Crippen LogP contribution in [-0.2, 0) is 16.0 Å². The Morgan fingerprint density at radius 2 is 1.87 bits per heavy atom. The Kier molecular flexibility index (Phi) is 7.37. The topological polar surface area (TPSA) is 100 Å². The second kappa shape index (κ2) is 10.00. The lowest BCUT2D eigenvalue weighted by molar-refractivity contribution is -0.136. The van der Waals surface area contributed by atoms with Crippen molar-refractivity contribution >= 4 is 17.8 Å². The molecule has 1 aromatic rings. The number of hydrogen-bond acceptors (Lipinski definition) is 6. The molecule has 2 heterocycles. The summed E-state index contributed by atoms with van der Waals surface area (Å²) < 4.78 is 10.5. The van der Waals surface area contributed by atoms with Gasteiger partial charge in [0, 0.05) is 19.6 Å². The number of methoxy groups -OCH3 is 2. The third-order valence-electron chi connectivity index (χ3n) is 5.98. The molecule has 9 nitrogen and oxygen atoms in total. The maximum absolute atomic E-state index is 12.9. The normalized spacial score (nSPS) is 18.2. The number of amides is 4. The average Bonchev–Trinajstić information content (AvgIpc) is 2.99. The van der Waals surface area contributed by atoms with Crippen molar-refractivity contribution in [3.63, 3.8) is 0 Å². The summed E-state index contributed by atoms with van der Waals surface area (Å²) in [4.78, 5) is 41.1. The highest BCUT2D eigenvalue weighted by atomic mass is 16.5. The maximum Gasteiger partial charge on any atom is 0.325 e. The molecule has 0 aliphatic carbocycles. The van der Waals surface area contributed by atoms with Crippen LogP contribution in [0.5, 0.6) is 11.5 Å². The molecule has 4 amide bonds. The molecular formula is C22H32N4O5. The van der Waals surface area contributed by atoms with Crippen LogP contribution < -0.4 is 20.1 Å². The summed E-state index contributed by atoms with van der Waals surface area (Å²) in [6, 6.07) is 5.09. The molecule has 2 aliphatic heterocycles. The molecular weight excluding hydrogens is 400 g/mol. The van der Waals surface area contributed by atoms with Crippen molar-refractivity contribution in [1.82, 2.24) is 20.4 Å². The van der Waals surface area contributed by atoms with Crippen molar-refractivity contribution in [1.29, 1.82) is 0 Å². The molecule has 31 heavy (non-hydrogen) atoms. The molecule has 2 N–H and O–H groups in total. The van der Waals surface area contributed by atoms with Crippen LogP contribution in [0.1, 0.15) is 31.7 Å². The molecule has 2 aliphatic rings. The van der Waals surface area contributed by atoms with E-state index >= 15 is 0 Å². The number of carbonyl (C=O) groups excluding carboxylic acids is 3. The molecule has 1 aromatic carbocycles. The van der Waals surface area contributed by atoms with E-state index in [0.29, 0.717) is 37.3 Å². The molecule has 0 saturated carbocycles. The van der Waals surface area contributed by atoms with Crippen molar-refractivity contribution < 1.29 is 23.9 Å². The Bertz CT molecular complexity index is 820. The third-order valence-corrected chi connectivity index (χ3v) is 5.98. The first-order valence-electron chi connectivity index (χ1n) is 10.8. The third kappa shape index (κ3) is 5.10. The molecule has 170 valence electrons. The average molecular weight is 433 g/mol. The van der Waals surface area contributed by atoms with E-state index in [9.17, 15) is 14.4 Å². The van der Waals surface area contributed by atoms with Crippen LogP contribution in [0.25, 0.3) is 0 Å². The van der Waals surface area contributed by atoms with Gasteiger partial charge in [-0.25, -0.2) is 4.79 Å². The largest absolute Gasteiger partial charge is 0.493 e. The van der Waals surface area contributed by atoms with Crippen molar-refractivity contribution in [2.45, 2.75) is 38.1 Å². The highest BCUT2D eigenvalue weighted by Crippen LogP contribution is 2.29. The molecule has 0 radical (unpaired) electrons. The van der Waals surface area contributed by atoms with E-state index in [1.807, 2.05) is 18.2 Å². The minimum atomic E-state index is -0.860. The predicted octanol–water partition coefficient (Wildman–Crippen LogP) is 1.16. The maximum atomic E-state index is 12.9.